The van der Waals surface area contributed by atoms with E-state index in [1.54, 1.807) is 6.92 Å². The Morgan fingerprint density at radius 2 is 2.17 bits per heavy atom. The molecule has 24 heavy (non-hydrogen) atoms. The summed E-state index contributed by atoms with van der Waals surface area (Å²) in [5, 5.41) is 29.6. The largest absolute Gasteiger partial charge is 0.477 e. The molecule has 2 aliphatic heterocycles. The van der Waals surface area contributed by atoms with E-state index >= 15 is 0 Å². The first-order valence-corrected chi connectivity index (χ1v) is 9.14. The van der Waals surface area contributed by atoms with Crippen LogP contribution in [-0.4, -0.2) is 62.5 Å². The highest BCUT2D eigenvalue weighted by Gasteiger charge is 2.39. The minimum absolute atomic E-state index is 0.107. The SMILES string of the molecule is CC(=N)N1CC[C@@H](SC2=C(C(=O)O)N[C@@H]([C@H](C(=O)S)[C@@H](C)O)C2)C1. The third kappa shape index (κ3) is 4.25. The van der Waals surface area contributed by atoms with Gasteiger partial charge in [0.2, 0.25) is 0 Å². The molecule has 2 aliphatic rings. The van der Waals surface area contributed by atoms with Gasteiger partial charge in [-0.1, -0.05) is 0 Å². The smallest absolute Gasteiger partial charge is 0.352 e. The second kappa shape index (κ2) is 7.79. The Hall–Kier alpha value is -1.19. The van der Waals surface area contributed by atoms with Crippen LogP contribution in [0.4, 0.5) is 0 Å². The van der Waals surface area contributed by atoms with E-state index in [-0.39, 0.29) is 10.9 Å². The van der Waals surface area contributed by atoms with Crippen molar-refractivity contribution in [2.75, 3.05) is 13.1 Å². The Labute approximate surface area is 150 Å². The normalized spacial score (nSPS) is 26.2. The lowest BCUT2D eigenvalue weighted by Crippen LogP contribution is -2.41. The quantitative estimate of drug-likeness (QED) is 0.267. The van der Waals surface area contributed by atoms with Crippen molar-refractivity contribution in [3.05, 3.63) is 10.6 Å². The molecule has 7 nitrogen and oxygen atoms in total. The highest BCUT2D eigenvalue weighted by atomic mass is 32.2. The molecule has 2 rings (SSSR count). The molecular formula is C15H23N3O4S2. The van der Waals surface area contributed by atoms with Gasteiger partial charge < -0.3 is 20.4 Å². The molecule has 0 bridgehead atoms. The summed E-state index contributed by atoms with van der Waals surface area (Å²) >= 11 is 5.32. The maximum Gasteiger partial charge on any atom is 0.352 e. The van der Waals surface area contributed by atoms with Crippen molar-refractivity contribution < 1.29 is 19.8 Å². The van der Waals surface area contributed by atoms with E-state index in [0.717, 1.165) is 13.0 Å². The maximum absolute atomic E-state index is 11.7. The van der Waals surface area contributed by atoms with Crippen molar-refractivity contribution in [3.8, 4) is 0 Å². The van der Waals surface area contributed by atoms with Crippen LogP contribution in [0.3, 0.4) is 0 Å². The summed E-state index contributed by atoms with van der Waals surface area (Å²) in [4.78, 5) is 25.9. The third-order valence-corrected chi connectivity index (χ3v) is 6.07. The van der Waals surface area contributed by atoms with Crippen LogP contribution < -0.4 is 5.32 Å². The first-order valence-electron chi connectivity index (χ1n) is 7.81. The summed E-state index contributed by atoms with van der Waals surface area (Å²) in [7, 11) is 0. The Bertz CT molecular complexity index is 579. The average molecular weight is 374 g/mol. The van der Waals surface area contributed by atoms with Crippen LogP contribution in [0.15, 0.2) is 10.6 Å². The lowest BCUT2D eigenvalue weighted by molar-refractivity contribution is -0.133. The number of carbonyl (C=O) groups is 2. The third-order valence-electron chi connectivity index (χ3n) is 4.39. The molecule has 4 N–H and O–H groups in total. The summed E-state index contributed by atoms with van der Waals surface area (Å²) in [6.07, 6.45) is 0.357. The van der Waals surface area contributed by atoms with E-state index in [1.807, 2.05) is 4.90 Å². The van der Waals surface area contributed by atoms with Gasteiger partial charge >= 0.3 is 5.97 Å². The standard InChI is InChI=1S/C15H23N3O4S2/c1-7(19)12(15(22)23)10-5-11(13(17-10)14(20)21)24-9-3-4-18(6-9)8(2)16/h7,9-10,12,16-17,19H,3-6H2,1-2H3,(H,20,21)(H,22,23)/t7-,9-,10-,12-/m1/s1. The number of amidine groups is 1. The molecule has 0 aromatic rings. The number of thiol groups is 1. The van der Waals surface area contributed by atoms with Gasteiger partial charge in [0.1, 0.15) is 5.70 Å². The number of aliphatic hydroxyl groups is 1. The first kappa shape index (κ1) is 19.1. The van der Waals surface area contributed by atoms with Crippen molar-refractivity contribution in [1.29, 1.82) is 5.41 Å². The van der Waals surface area contributed by atoms with Crippen LogP contribution in [0.1, 0.15) is 26.7 Å². The minimum atomic E-state index is -1.06. The zero-order valence-electron chi connectivity index (χ0n) is 13.7. The van der Waals surface area contributed by atoms with Gasteiger partial charge in [-0.2, -0.15) is 0 Å². The number of nitrogens with zero attached hydrogens (tertiary/aromatic N) is 1. The molecule has 2 heterocycles. The fourth-order valence-electron chi connectivity index (χ4n) is 3.17. The number of carboxylic acids is 1. The zero-order valence-corrected chi connectivity index (χ0v) is 15.4. The molecular weight excluding hydrogens is 350 g/mol. The molecule has 4 atom stereocenters. The van der Waals surface area contributed by atoms with Crippen LogP contribution in [0, 0.1) is 11.3 Å². The van der Waals surface area contributed by atoms with Crippen molar-refractivity contribution in [1.82, 2.24) is 10.2 Å². The maximum atomic E-state index is 11.7. The van der Waals surface area contributed by atoms with Crippen molar-refractivity contribution >= 4 is 41.3 Å². The molecule has 0 unspecified atom stereocenters. The molecule has 0 aliphatic carbocycles. The summed E-state index contributed by atoms with van der Waals surface area (Å²) in [5.74, 6) is -1.30. The molecule has 134 valence electrons. The van der Waals surface area contributed by atoms with Crippen LogP contribution in [0.2, 0.25) is 0 Å². The van der Waals surface area contributed by atoms with Crippen molar-refractivity contribution in [2.45, 2.75) is 44.1 Å². The summed E-state index contributed by atoms with van der Waals surface area (Å²) in [5.41, 5.74) is 0.107. The van der Waals surface area contributed by atoms with E-state index in [9.17, 15) is 19.8 Å². The monoisotopic (exact) mass is 373 g/mol. The number of aliphatic carboxylic acids is 1. The second-order valence-electron chi connectivity index (χ2n) is 6.22. The van der Waals surface area contributed by atoms with Gasteiger partial charge in [0, 0.05) is 35.7 Å². The number of rotatable bonds is 6. The number of hydrogen-bond donors (Lipinski definition) is 5. The fourth-order valence-corrected chi connectivity index (χ4v) is 4.98. The highest BCUT2D eigenvalue weighted by Crippen LogP contribution is 2.38. The first-order chi connectivity index (χ1) is 11.2. The number of aliphatic hydroxyl groups excluding tert-OH is 1. The number of nitrogens with one attached hydrogen (secondary N) is 2. The fraction of sp³-hybridized carbons (Fsp3) is 0.667. The van der Waals surface area contributed by atoms with E-state index in [2.05, 4.69) is 17.9 Å². The molecule has 0 aromatic carbocycles. The zero-order chi connectivity index (χ0) is 18.0. The Morgan fingerprint density at radius 3 is 2.62 bits per heavy atom. The molecule has 1 saturated heterocycles. The van der Waals surface area contributed by atoms with Gasteiger partial charge in [-0.3, -0.25) is 10.2 Å². The average Bonchev–Trinajstić information content (AvgIpc) is 3.06. The topological polar surface area (TPSA) is 114 Å². The summed E-state index contributed by atoms with van der Waals surface area (Å²) in [6.45, 7) is 4.76. The Morgan fingerprint density at radius 1 is 1.50 bits per heavy atom. The van der Waals surface area contributed by atoms with Crippen LogP contribution in [0.25, 0.3) is 0 Å². The van der Waals surface area contributed by atoms with Crippen molar-refractivity contribution in [2.24, 2.45) is 5.92 Å². The summed E-state index contributed by atoms with van der Waals surface area (Å²) in [6, 6.07) is -0.467. The van der Waals surface area contributed by atoms with Gasteiger partial charge in [0.05, 0.1) is 17.9 Å². The number of carbonyl (C=O) groups excluding carboxylic acids is 1. The van der Waals surface area contributed by atoms with E-state index in [4.69, 9.17) is 5.41 Å². The number of thioether (sulfide) groups is 1. The summed E-state index contributed by atoms with van der Waals surface area (Å²) < 4.78 is 0. The van der Waals surface area contributed by atoms with E-state index in [0.29, 0.717) is 23.7 Å². The number of likely N-dealkylation sites (tertiary alicyclic amines) is 1. The Balaban J connectivity index is 2.09. The molecule has 0 saturated carbocycles. The van der Waals surface area contributed by atoms with Gasteiger partial charge in [0.25, 0.3) is 0 Å². The van der Waals surface area contributed by atoms with E-state index < -0.39 is 29.1 Å². The molecule has 0 amide bonds. The van der Waals surface area contributed by atoms with Crippen molar-refractivity contribution in [3.63, 3.8) is 0 Å². The van der Waals surface area contributed by atoms with Crippen LogP contribution in [0.5, 0.6) is 0 Å². The Kier molecular flexibility index (Phi) is 6.22. The highest BCUT2D eigenvalue weighted by molar-refractivity contribution is 8.03. The predicted octanol–water partition coefficient (Wildman–Crippen LogP) is 0.903. The molecule has 0 aromatic heterocycles. The second-order valence-corrected chi connectivity index (χ2v) is 8.06. The molecule has 0 radical (unpaired) electrons. The van der Waals surface area contributed by atoms with Crippen LogP contribution in [-0.2, 0) is 9.59 Å². The number of hydrogen-bond acceptors (Lipinski definition) is 6. The van der Waals surface area contributed by atoms with Gasteiger partial charge in [-0.15, -0.1) is 24.4 Å². The molecule has 0 spiro atoms. The molecule has 1 fully saturated rings. The lowest BCUT2D eigenvalue weighted by Gasteiger charge is -2.24. The van der Waals surface area contributed by atoms with E-state index in [1.165, 1.54) is 18.7 Å². The molecule has 9 heteroatoms. The minimum Gasteiger partial charge on any atom is -0.477 e. The van der Waals surface area contributed by atoms with Gasteiger partial charge in [0.15, 0.2) is 5.12 Å². The van der Waals surface area contributed by atoms with Gasteiger partial charge in [-0.05, 0) is 20.3 Å². The number of carboxylic acid groups (broad SMARTS) is 1. The predicted molar refractivity (Wildman–Crippen MR) is 96.3 cm³/mol. The van der Waals surface area contributed by atoms with Crippen LogP contribution >= 0.6 is 24.4 Å². The lowest BCUT2D eigenvalue weighted by atomic mass is 9.95. The van der Waals surface area contributed by atoms with Gasteiger partial charge in [-0.25, -0.2) is 4.79 Å².